The third-order valence-electron chi connectivity index (χ3n) is 4.20. The minimum atomic E-state index is 0.646. The maximum atomic E-state index is 6.13. The molecule has 0 bridgehead atoms. The summed E-state index contributed by atoms with van der Waals surface area (Å²) in [7, 11) is 1.68. The lowest BCUT2D eigenvalue weighted by molar-refractivity contribution is 0.0690. The van der Waals surface area contributed by atoms with Crippen molar-refractivity contribution in [3.05, 3.63) is 29.3 Å². The van der Waals surface area contributed by atoms with Crippen LogP contribution in [0.15, 0.2) is 29.3 Å². The number of halogens is 1. The largest absolute Gasteiger partial charge is 0.382 e. The summed E-state index contributed by atoms with van der Waals surface area (Å²) in [5.41, 5.74) is 7.33. The van der Waals surface area contributed by atoms with Gasteiger partial charge in [-0.25, -0.2) is 0 Å². The monoisotopic (exact) mass is 368 g/mol. The van der Waals surface area contributed by atoms with Gasteiger partial charge in [-0.1, -0.05) is 11.6 Å². The molecule has 7 heteroatoms. The van der Waals surface area contributed by atoms with E-state index in [-0.39, 0.29) is 0 Å². The summed E-state index contributed by atoms with van der Waals surface area (Å²) < 4.78 is 10.4. The highest BCUT2D eigenvalue weighted by molar-refractivity contribution is 6.30. The molecule has 0 radical (unpaired) electrons. The minimum Gasteiger partial charge on any atom is -0.382 e. The Balaban J connectivity index is 1.63. The molecule has 0 atom stereocenters. The Labute approximate surface area is 155 Å². The molecular formula is C18H29ClN4O2. The number of benzene rings is 1. The van der Waals surface area contributed by atoms with Crippen LogP contribution in [0, 0.1) is 0 Å². The summed E-state index contributed by atoms with van der Waals surface area (Å²) in [5.74, 6) is 0.649. The summed E-state index contributed by atoms with van der Waals surface area (Å²) >= 11 is 5.95. The van der Waals surface area contributed by atoms with Crippen molar-refractivity contribution in [2.45, 2.75) is 12.8 Å². The first kappa shape index (κ1) is 19.8. The molecule has 0 unspecified atom stereocenters. The number of unbranched alkanes of at least 4 members (excludes halogenated alkanes) is 1. The van der Waals surface area contributed by atoms with Gasteiger partial charge in [0.05, 0.1) is 13.2 Å². The topological polar surface area (TPSA) is 63.3 Å². The predicted octanol–water partition coefficient (Wildman–Crippen LogP) is 2.22. The van der Waals surface area contributed by atoms with Gasteiger partial charge in [-0.05, 0) is 37.1 Å². The number of methoxy groups -OCH3 is 1. The summed E-state index contributed by atoms with van der Waals surface area (Å²) in [6.45, 7) is 6.44. The van der Waals surface area contributed by atoms with Gasteiger partial charge in [-0.15, -0.1) is 0 Å². The molecule has 2 N–H and O–H groups in total. The molecule has 1 aromatic carbocycles. The van der Waals surface area contributed by atoms with Gasteiger partial charge in [0.1, 0.15) is 0 Å². The third-order valence-corrected chi connectivity index (χ3v) is 4.45. The van der Waals surface area contributed by atoms with Crippen LogP contribution in [-0.2, 0) is 9.47 Å². The second-order valence-corrected chi connectivity index (χ2v) is 6.44. The van der Waals surface area contributed by atoms with Crippen LogP contribution < -0.4 is 10.6 Å². The van der Waals surface area contributed by atoms with E-state index in [4.69, 9.17) is 26.8 Å². The lowest BCUT2D eigenvalue weighted by Gasteiger charge is -2.36. The van der Waals surface area contributed by atoms with Crippen molar-refractivity contribution < 1.29 is 9.47 Å². The van der Waals surface area contributed by atoms with Gasteiger partial charge >= 0.3 is 0 Å². The van der Waals surface area contributed by atoms with Crippen LogP contribution in [0.1, 0.15) is 12.8 Å². The first-order valence-electron chi connectivity index (χ1n) is 8.83. The van der Waals surface area contributed by atoms with E-state index in [9.17, 15) is 0 Å². The quantitative estimate of drug-likeness (QED) is 0.411. The Morgan fingerprint density at radius 2 is 1.80 bits per heavy atom. The van der Waals surface area contributed by atoms with Gasteiger partial charge in [-0.3, -0.25) is 4.99 Å². The third kappa shape index (κ3) is 7.10. The Hall–Kier alpha value is -1.50. The van der Waals surface area contributed by atoms with Gasteiger partial charge in [0.2, 0.25) is 0 Å². The van der Waals surface area contributed by atoms with Gasteiger partial charge in [0.15, 0.2) is 5.96 Å². The molecule has 1 aliphatic rings. The second-order valence-electron chi connectivity index (χ2n) is 6.00. The molecule has 0 amide bonds. The fraction of sp³-hybridized carbons (Fsp3) is 0.611. The average molecular weight is 369 g/mol. The molecule has 2 rings (SSSR count). The van der Waals surface area contributed by atoms with E-state index < -0.39 is 0 Å². The molecule has 1 fully saturated rings. The normalized spacial score (nSPS) is 15.7. The molecule has 0 aliphatic carbocycles. The number of rotatable bonds is 9. The number of piperazine rings is 1. The number of guanidine groups is 1. The Bertz CT molecular complexity index is 516. The minimum absolute atomic E-state index is 0.646. The fourth-order valence-corrected chi connectivity index (χ4v) is 2.83. The average Bonchev–Trinajstić information content (AvgIpc) is 2.64. The molecule has 0 aromatic heterocycles. The summed E-state index contributed by atoms with van der Waals surface area (Å²) in [4.78, 5) is 8.99. The molecule has 25 heavy (non-hydrogen) atoms. The number of hydrogen-bond donors (Lipinski definition) is 1. The Morgan fingerprint density at radius 3 is 2.48 bits per heavy atom. The van der Waals surface area contributed by atoms with E-state index in [2.05, 4.69) is 26.9 Å². The van der Waals surface area contributed by atoms with Crippen LogP contribution in [0.2, 0.25) is 5.02 Å². The second kappa shape index (κ2) is 11.2. The number of nitrogens with zero attached hydrogens (tertiary/aromatic N) is 3. The van der Waals surface area contributed by atoms with Gasteiger partial charge < -0.3 is 25.0 Å². The molecule has 1 heterocycles. The van der Waals surface area contributed by atoms with Crippen molar-refractivity contribution in [2.75, 3.05) is 64.6 Å². The van der Waals surface area contributed by atoms with Crippen LogP contribution in [0.3, 0.4) is 0 Å². The maximum Gasteiger partial charge on any atom is 0.191 e. The van der Waals surface area contributed by atoms with Gasteiger partial charge in [0, 0.05) is 57.2 Å². The lowest BCUT2D eigenvalue weighted by atomic mass is 10.2. The summed E-state index contributed by atoms with van der Waals surface area (Å²) in [6, 6.07) is 7.98. The molecular weight excluding hydrogens is 340 g/mol. The van der Waals surface area contributed by atoms with Crippen LogP contribution in [0.4, 0.5) is 5.69 Å². The number of anilines is 1. The van der Waals surface area contributed by atoms with Crippen molar-refractivity contribution in [1.82, 2.24) is 4.90 Å². The number of hydrogen-bond acceptors (Lipinski definition) is 4. The molecule has 6 nitrogen and oxygen atoms in total. The SMILES string of the molecule is COCCOCCCCN=C(N)N1CCN(c2ccc(Cl)cc2)CC1. The van der Waals surface area contributed by atoms with Crippen molar-refractivity contribution in [3.8, 4) is 0 Å². The van der Waals surface area contributed by atoms with Gasteiger partial charge in [-0.2, -0.15) is 0 Å². The first-order chi connectivity index (χ1) is 12.2. The van der Waals surface area contributed by atoms with Crippen molar-refractivity contribution in [3.63, 3.8) is 0 Å². The highest BCUT2D eigenvalue weighted by Crippen LogP contribution is 2.19. The molecule has 1 aliphatic heterocycles. The Morgan fingerprint density at radius 1 is 1.08 bits per heavy atom. The maximum absolute atomic E-state index is 6.13. The van der Waals surface area contributed by atoms with Gasteiger partial charge in [0.25, 0.3) is 0 Å². The fourth-order valence-electron chi connectivity index (χ4n) is 2.70. The smallest absolute Gasteiger partial charge is 0.191 e. The van der Waals surface area contributed by atoms with E-state index in [1.165, 1.54) is 5.69 Å². The number of aliphatic imine (C=N–C) groups is 1. The molecule has 0 spiro atoms. The van der Waals surface area contributed by atoms with E-state index in [1.807, 2.05) is 12.1 Å². The molecule has 0 saturated carbocycles. The van der Waals surface area contributed by atoms with Crippen molar-refractivity contribution >= 4 is 23.2 Å². The summed E-state index contributed by atoms with van der Waals surface area (Å²) in [5, 5.41) is 0.767. The molecule has 1 saturated heterocycles. The standard InChI is InChI=1S/C18H29ClN4O2/c1-24-14-15-25-13-3-2-8-21-18(20)23-11-9-22(10-12-23)17-6-4-16(19)5-7-17/h4-7H,2-3,8-15H2,1H3,(H2,20,21). The summed E-state index contributed by atoms with van der Waals surface area (Å²) in [6.07, 6.45) is 1.98. The highest BCUT2D eigenvalue weighted by Gasteiger charge is 2.18. The zero-order valence-electron chi connectivity index (χ0n) is 15.0. The Kier molecular flexibility index (Phi) is 8.86. The lowest BCUT2D eigenvalue weighted by Crippen LogP contribution is -2.51. The predicted molar refractivity (Wildman–Crippen MR) is 104 cm³/mol. The zero-order valence-corrected chi connectivity index (χ0v) is 15.7. The van der Waals surface area contributed by atoms with Crippen LogP contribution >= 0.6 is 11.6 Å². The van der Waals surface area contributed by atoms with Crippen LogP contribution in [0.5, 0.6) is 0 Å². The van der Waals surface area contributed by atoms with E-state index in [1.54, 1.807) is 7.11 Å². The van der Waals surface area contributed by atoms with E-state index in [0.29, 0.717) is 19.2 Å². The van der Waals surface area contributed by atoms with Crippen molar-refractivity contribution in [1.29, 1.82) is 0 Å². The number of nitrogens with two attached hydrogens (primary N) is 1. The molecule has 140 valence electrons. The zero-order chi connectivity index (χ0) is 17.9. The van der Waals surface area contributed by atoms with E-state index in [0.717, 1.165) is 57.2 Å². The molecule has 1 aromatic rings. The highest BCUT2D eigenvalue weighted by atomic mass is 35.5. The number of ether oxygens (including phenoxy) is 2. The first-order valence-corrected chi connectivity index (χ1v) is 9.20. The van der Waals surface area contributed by atoms with Crippen LogP contribution in [-0.4, -0.2) is 70.5 Å². The van der Waals surface area contributed by atoms with E-state index >= 15 is 0 Å². The van der Waals surface area contributed by atoms with Crippen LogP contribution in [0.25, 0.3) is 0 Å². The van der Waals surface area contributed by atoms with Crippen molar-refractivity contribution in [2.24, 2.45) is 10.7 Å².